The van der Waals surface area contributed by atoms with E-state index in [1.54, 1.807) is 10.9 Å². The molecule has 7 nitrogen and oxygen atoms in total. The van der Waals surface area contributed by atoms with Crippen molar-refractivity contribution in [1.82, 2.24) is 19.7 Å². The van der Waals surface area contributed by atoms with Crippen LogP contribution in [0.1, 0.15) is 13.8 Å². The molecule has 1 aromatic carbocycles. The van der Waals surface area contributed by atoms with E-state index in [9.17, 15) is 9.90 Å². The van der Waals surface area contributed by atoms with Crippen molar-refractivity contribution in [2.24, 2.45) is 5.92 Å². The highest BCUT2D eigenvalue weighted by atomic mass is 16.4. The Morgan fingerprint density at radius 1 is 1.22 bits per heavy atom. The van der Waals surface area contributed by atoms with Crippen LogP contribution >= 0.6 is 0 Å². The first-order valence-corrected chi connectivity index (χ1v) is 7.31. The van der Waals surface area contributed by atoms with Gasteiger partial charge in [0.2, 0.25) is 0 Å². The molecule has 0 bridgehead atoms. The molecule has 3 rings (SSSR count). The van der Waals surface area contributed by atoms with E-state index in [2.05, 4.69) is 20.4 Å². The molecule has 0 aliphatic carbocycles. The van der Waals surface area contributed by atoms with Crippen LogP contribution in [-0.4, -0.2) is 36.9 Å². The van der Waals surface area contributed by atoms with Crippen LogP contribution < -0.4 is 5.32 Å². The summed E-state index contributed by atoms with van der Waals surface area (Å²) in [6, 6.07) is 8.89. The van der Waals surface area contributed by atoms with Crippen LogP contribution in [0.2, 0.25) is 0 Å². The van der Waals surface area contributed by atoms with Gasteiger partial charge in [-0.15, -0.1) is 0 Å². The van der Waals surface area contributed by atoms with Gasteiger partial charge in [-0.1, -0.05) is 32.0 Å². The van der Waals surface area contributed by atoms with E-state index in [1.165, 1.54) is 6.33 Å². The predicted molar refractivity (Wildman–Crippen MR) is 86.5 cm³/mol. The fraction of sp³-hybridized carbons (Fsp3) is 0.250. The fourth-order valence-electron chi connectivity index (χ4n) is 2.38. The molecule has 0 saturated heterocycles. The quantitative estimate of drug-likeness (QED) is 0.751. The minimum Gasteiger partial charge on any atom is -0.480 e. The number of carboxylic acid groups (broad SMARTS) is 1. The highest BCUT2D eigenvalue weighted by molar-refractivity contribution is 5.89. The molecule has 2 heterocycles. The van der Waals surface area contributed by atoms with Crippen molar-refractivity contribution in [1.29, 1.82) is 0 Å². The number of carboxylic acids is 1. The second-order valence-corrected chi connectivity index (χ2v) is 5.56. The van der Waals surface area contributed by atoms with Gasteiger partial charge in [-0.25, -0.2) is 19.4 Å². The predicted octanol–water partition coefficient (Wildman–Crippen LogP) is 2.34. The maximum Gasteiger partial charge on any atom is 0.326 e. The van der Waals surface area contributed by atoms with E-state index in [-0.39, 0.29) is 5.92 Å². The number of anilines is 1. The number of fused-ring (bicyclic) bond motifs is 1. The van der Waals surface area contributed by atoms with Crippen molar-refractivity contribution in [2.75, 3.05) is 5.32 Å². The number of hydrogen-bond donors (Lipinski definition) is 2. The molecule has 2 N–H and O–H groups in total. The van der Waals surface area contributed by atoms with Gasteiger partial charge in [0.25, 0.3) is 0 Å². The summed E-state index contributed by atoms with van der Waals surface area (Å²) in [7, 11) is 0. The Bertz CT molecular complexity index is 829. The number of carbonyl (C=O) groups is 1. The normalized spacial score (nSPS) is 12.5. The van der Waals surface area contributed by atoms with Crippen molar-refractivity contribution < 1.29 is 9.90 Å². The van der Waals surface area contributed by atoms with Crippen LogP contribution in [-0.2, 0) is 4.79 Å². The van der Waals surface area contributed by atoms with Gasteiger partial charge in [-0.3, -0.25) is 0 Å². The molecule has 23 heavy (non-hydrogen) atoms. The number of benzene rings is 1. The monoisotopic (exact) mass is 311 g/mol. The second-order valence-electron chi connectivity index (χ2n) is 5.56. The Labute approximate surface area is 133 Å². The number of aliphatic carboxylic acids is 1. The topological polar surface area (TPSA) is 92.9 Å². The van der Waals surface area contributed by atoms with Crippen molar-refractivity contribution >= 4 is 22.8 Å². The zero-order valence-corrected chi connectivity index (χ0v) is 12.8. The molecule has 0 radical (unpaired) electrons. The third-order valence-corrected chi connectivity index (χ3v) is 3.59. The SMILES string of the molecule is CC(C)C(Nc1ncnc2c1cnn2-c1ccccc1)C(=O)O. The van der Waals surface area contributed by atoms with Crippen LogP contribution in [0.5, 0.6) is 0 Å². The van der Waals surface area contributed by atoms with Gasteiger partial charge < -0.3 is 10.4 Å². The number of aromatic nitrogens is 4. The lowest BCUT2D eigenvalue weighted by Gasteiger charge is -2.18. The third-order valence-electron chi connectivity index (χ3n) is 3.59. The highest BCUT2D eigenvalue weighted by Crippen LogP contribution is 2.23. The van der Waals surface area contributed by atoms with E-state index in [1.807, 2.05) is 44.2 Å². The molecular weight excluding hydrogens is 294 g/mol. The van der Waals surface area contributed by atoms with E-state index in [0.717, 1.165) is 5.69 Å². The molecular formula is C16H17N5O2. The number of hydrogen-bond acceptors (Lipinski definition) is 5. The molecule has 7 heteroatoms. The van der Waals surface area contributed by atoms with Crippen LogP contribution in [0.15, 0.2) is 42.9 Å². The molecule has 0 amide bonds. The third kappa shape index (κ3) is 2.85. The van der Waals surface area contributed by atoms with Gasteiger partial charge in [0.15, 0.2) is 5.65 Å². The summed E-state index contributed by atoms with van der Waals surface area (Å²) in [5.74, 6) is -0.526. The van der Waals surface area contributed by atoms with Crippen molar-refractivity contribution in [3.05, 3.63) is 42.9 Å². The van der Waals surface area contributed by atoms with Crippen LogP contribution in [0.25, 0.3) is 16.7 Å². The Morgan fingerprint density at radius 3 is 2.61 bits per heavy atom. The molecule has 1 atom stereocenters. The van der Waals surface area contributed by atoms with Crippen LogP contribution in [0.4, 0.5) is 5.82 Å². The molecule has 0 saturated carbocycles. The zero-order chi connectivity index (χ0) is 16.4. The minimum absolute atomic E-state index is 0.0818. The van der Waals surface area contributed by atoms with E-state index < -0.39 is 12.0 Å². The lowest BCUT2D eigenvalue weighted by Crippen LogP contribution is -2.34. The summed E-state index contributed by atoms with van der Waals surface area (Å²) in [6.07, 6.45) is 3.05. The molecule has 0 aliphatic rings. The highest BCUT2D eigenvalue weighted by Gasteiger charge is 2.23. The summed E-state index contributed by atoms with van der Waals surface area (Å²) in [5.41, 5.74) is 1.51. The average molecular weight is 311 g/mol. The lowest BCUT2D eigenvalue weighted by atomic mass is 10.0. The number of nitrogens with one attached hydrogen (secondary N) is 1. The average Bonchev–Trinajstić information content (AvgIpc) is 2.97. The van der Waals surface area contributed by atoms with Gasteiger partial charge in [0, 0.05) is 0 Å². The van der Waals surface area contributed by atoms with Crippen LogP contribution in [0, 0.1) is 5.92 Å². The largest absolute Gasteiger partial charge is 0.480 e. The molecule has 3 aromatic rings. The first-order chi connectivity index (χ1) is 11.1. The molecule has 118 valence electrons. The van der Waals surface area contributed by atoms with Gasteiger partial charge in [0.1, 0.15) is 18.2 Å². The molecule has 0 fully saturated rings. The maximum atomic E-state index is 11.4. The van der Waals surface area contributed by atoms with E-state index >= 15 is 0 Å². The summed E-state index contributed by atoms with van der Waals surface area (Å²) >= 11 is 0. The fourth-order valence-corrected chi connectivity index (χ4v) is 2.38. The Hall–Kier alpha value is -2.96. The van der Waals surface area contributed by atoms with Gasteiger partial charge >= 0.3 is 5.97 Å². The van der Waals surface area contributed by atoms with Gasteiger partial charge in [-0.05, 0) is 18.1 Å². The molecule has 0 spiro atoms. The minimum atomic E-state index is -0.915. The Balaban J connectivity index is 2.04. The van der Waals surface area contributed by atoms with Gasteiger partial charge in [-0.2, -0.15) is 5.10 Å². The van der Waals surface area contributed by atoms with Crippen LogP contribution in [0.3, 0.4) is 0 Å². The smallest absolute Gasteiger partial charge is 0.326 e. The number of nitrogens with zero attached hydrogens (tertiary/aromatic N) is 4. The van der Waals surface area contributed by atoms with E-state index in [0.29, 0.717) is 16.9 Å². The number of para-hydroxylation sites is 1. The van der Waals surface area contributed by atoms with Crippen molar-refractivity contribution in [3.63, 3.8) is 0 Å². The first kappa shape index (κ1) is 15.0. The Kier molecular flexibility index (Phi) is 3.92. The van der Waals surface area contributed by atoms with Crippen molar-refractivity contribution in [3.8, 4) is 5.69 Å². The maximum absolute atomic E-state index is 11.4. The summed E-state index contributed by atoms with van der Waals surface area (Å²) in [5, 5.41) is 17.3. The lowest BCUT2D eigenvalue weighted by molar-refractivity contribution is -0.138. The van der Waals surface area contributed by atoms with Gasteiger partial charge in [0.05, 0.1) is 17.3 Å². The standard InChI is InChI=1S/C16H17N5O2/c1-10(2)13(16(22)23)20-14-12-8-19-21(15(12)18-9-17-14)11-6-4-3-5-7-11/h3-10,13H,1-2H3,(H,22,23)(H,17,18,20). The Morgan fingerprint density at radius 2 is 1.96 bits per heavy atom. The summed E-state index contributed by atoms with van der Waals surface area (Å²) in [4.78, 5) is 19.8. The van der Waals surface area contributed by atoms with Crippen molar-refractivity contribution in [2.45, 2.75) is 19.9 Å². The molecule has 2 aromatic heterocycles. The first-order valence-electron chi connectivity index (χ1n) is 7.31. The molecule has 1 unspecified atom stereocenters. The second kappa shape index (κ2) is 6.04. The zero-order valence-electron chi connectivity index (χ0n) is 12.8. The summed E-state index contributed by atoms with van der Waals surface area (Å²) in [6.45, 7) is 3.69. The molecule has 0 aliphatic heterocycles. The number of rotatable bonds is 5. The summed E-state index contributed by atoms with van der Waals surface area (Å²) < 4.78 is 1.70. The van der Waals surface area contributed by atoms with E-state index in [4.69, 9.17) is 0 Å².